The predicted molar refractivity (Wildman–Crippen MR) is 109 cm³/mol. The average molecular weight is 365 g/mol. The molecule has 3 aromatic rings. The number of aryl methyl sites for hydroxylation is 1. The number of H-pyrrole nitrogens is 1. The standard InChI is InChI=1S/C21H27N5O/c1-3-27-14-8-4-7-13-22-17-11-12-18(16(2)15-17)19-9-5-6-10-20(19)21-23-25-26-24-21/h5-6,9-12,15,22H,3-4,7-8,13-14H2,1-2H3,(H,23,24,25,26). The summed E-state index contributed by atoms with van der Waals surface area (Å²) in [4.78, 5) is 0. The van der Waals surface area contributed by atoms with Gasteiger partial charge in [0.25, 0.3) is 0 Å². The number of nitrogens with zero attached hydrogens (tertiary/aromatic N) is 3. The zero-order valence-corrected chi connectivity index (χ0v) is 16.0. The zero-order valence-electron chi connectivity index (χ0n) is 16.0. The highest BCUT2D eigenvalue weighted by Gasteiger charge is 2.11. The molecule has 0 saturated heterocycles. The van der Waals surface area contributed by atoms with Crippen molar-refractivity contribution in [3.05, 3.63) is 48.0 Å². The van der Waals surface area contributed by atoms with Gasteiger partial charge in [-0.3, -0.25) is 0 Å². The molecule has 0 fully saturated rings. The molecule has 0 aliphatic heterocycles. The van der Waals surface area contributed by atoms with Crippen LogP contribution in [0.3, 0.4) is 0 Å². The Labute approximate surface area is 160 Å². The highest BCUT2D eigenvalue weighted by Crippen LogP contribution is 2.32. The molecule has 0 radical (unpaired) electrons. The number of tetrazole rings is 1. The van der Waals surface area contributed by atoms with Gasteiger partial charge in [0, 0.05) is 31.0 Å². The Kier molecular flexibility index (Phi) is 6.93. The lowest BCUT2D eigenvalue weighted by molar-refractivity contribution is 0.143. The SMILES string of the molecule is CCOCCCCCNc1ccc(-c2ccccc2-c2nnn[nH]2)c(C)c1. The van der Waals surface area contributed by atoms with E-state index in [1.54, 1.807) is 0 Å². The molecule has 6 heteroatoms. The van der Waals surface area contributed by atoms with Crippen LogP contribution in [0.25, 0.3) is 22.5 Å². The number of aromatic nitrogens is 4. The van der Waals surface area contributed by atoms with E-state index in [-0.39, 0.29) is 0 Å². The van der Waals surface area contributed by atoms with E-state index in [4.69, 9.17) is 4.74 Å². The maximum atomic E-state index is 5.37. The molecule has 1 aromatic heterocycles. The van der Waals surface area contributed by atoms with E-state index < -0.39 is 0 Å². The van der Waals surface area contributed by atoms with Crippen molar-refractivity contribution < 1.29 is 4.74 Å². The largest absolute Gasteiger partial charge is 0.385 e. The number of rotatable bonds is 10. The van der Waals surface area contributed by atoms with Crippen LogP contribution in [0.5, 0.6) is 0 Å². The Morgan fingerprint density at radius 3 is 2.59 bits per heavy atom. The number of aromatic amines is 1. The third kappa shape index (κ3) is 5.14. The molecular weight excluding hydrogens is 338 g/mol. The summed E-state index contributed by atoms with van der Waals surface area (Å²) < 4.78 is 5.37. The Balaban J connectivity index is 1.64. The van der Waals surface area contributed by atoms with Crippen LogP contribution in [0.15, 0.2) is 42.5 Å². The van der Waals surface area contributed by atoms with Crippen molar-refractivity contribution in [2.75, 3.05) is 25.1 Å². The van der Waals surface area contributed by atoms with Gasteiger partial charge in [-0.05, 0) is 72.4 Å². The van der Waals surface area contributed by atoms with Crippen molar-refractivity contribution in [1.29, 1.82) is 0 Å². The topological polar surface area (TPSA) is 75.7 Å². The average Bonchev–Trinajstić information content (AvgIpc) is 3.22. The summed E-state index contributed by atoms with van der Waals surface area (Å²) in [7, 11) is 0. The summed E-state index contributed by atoms with van der Waals surface area (Å²) in [5.74, 6) is 0.680. The van der Waals surface area contributed by atoms with E-state index in [1.807, 2.05) is 25.1 Å². The minimum Gasteiger partial charge on any atom is -0.385 e. The molecule has 0 saturated carbocycles. The quantitative estimate of drug-likeness (QED) is 0.519. The van der Waals surface area contributed by atoms with Gasteiger partial charge in [-0.2, -0.15) is 0 Å². The maximum Gasteiger partial charge on any atom is 0.180 e. The monoisotopic (exact) mass is 365 g/mol. The number of hydrogen-bond donors (Lipinski definition) is 2. The van der Waals surface area contributed by atoms with Gasteiger partial charge in [0.05, 0.1) is 0 Å². The van der Waals surface area contributed by atoms with Crippen molar-refractivity contribution in [2.24, 2.45) is 0 Å². The maximum absolute atomic E-state index is 5.37. The van der Waals surface area contributed by atoms with Crippen LogP contribution in [0.2, 0.25) is 0 Å². The molecule has 2 aromatic carbocycles. The lowest BCUT2D eigenvalue weighted by atomic mass is 9.95. The van der Waals surface area contributed by atoms with Crippen LogP contribution in [0, 0.1) is 6.92 Å². The smallest absolute Gasteiger partial charge is 0.180 e. The van der Waals surface area contributed by atoms with Crippen LogP contribution in [0.4, 0.5) is 5.69 Å². The van der Waals surface area contributed by atoms with E-state index in [0.717, 1.165) is 49.4 Å². The molecule has 27 heavy (non-hydrogen) atoms. The highest BCUT2D eigenvalue weighted by atomic mass is 16.5. The van der Waals surface area contributed by atoms with Crippen molar-refractivity contribution in [3.8, 4) is 22.5 Å². The van der Waals surface area contributed by atoms with Crippen LogP contribution in [-0.2, 0) is 4.74 Å². The number of hydrogen-bond acceptors (Lipinski definition) is 5. The molecule has 0 bridgehead atoms. The Hall–Kier alpha value is -2.73. The van der Waals surface area contributed by atoms with Crippen LogP contribution >= 0.6 is 0 Å². The minimum absolute atomic E-state index is 0.680. The van der Waals surface area contributed by atoms with E-state index >= 15 is 0 Å². The summed E-state index contributed by atoms with van der Waals surface area (Å²) in [6.07, 6.45) is 3.46. The lowest BCUT2D eigenvalue weighted by Gasteiger charge is -2.13. The molecule has 0 aliphatic carbocycles. The van der Waals surface area contributed by atoms with Gasteiger partial charge in [0.1, 0.15) is 0 Å². The van der Waals surface area contributed by atoms with Crippen molar-refractivity contribution in [2.45, 2.75) is 33.1 Å². The first kappa shape index (κ1) is 19.0. The van der Waals surface area contributed by atoms with Gasteiger partial charge in [0.15, 0.2) is 5.82 Å². The first-order valence-electron chi connectivity index (χ1n) is 9.55. The molecule has 0 aliphatic rings. The van der Waals surface area contributed by atoms with Crippen LogP contribution in [0.1, 0.15) is 31.7 Å². The fraction of sp³-hybridized carbons (Fsp3) is 0.381. The van der Waals surface area contributed by atoms with Gasteiger partial charge < -0.3 is 10.1 Å². The number of ether oxygens (including phenoxy) is 1. The zero-order chi connectivity index (χ0) is 18.9. The lowest BCUT2D eigenvalue weighted by Crippen LogP contribution is -2.03. The summed E-state index contributed by atoms with van der Waals surface area (Å²) in [6, 6.07) is 14.7. The number of benzene rings is 2. The Morgan fingerprint density at radius 1 is 1.00 bits per heavy atom. The fourth-order valence-electron chi connectivity index (χ4n) is 3.16. The van der Waals surface area contributed by atoms with Gasteiger partial charge in [0.2, 0.25) is 0 Å². The molecule has 142 valence electrons. The van der Waals surface area contributed by atoms with Gasteiger partial charge >= 0.3 is 0 Å². The minimum atomic E-state index is 0.680. The molecule has 0 unspecified atom stereocenters. The van der Waals surface area contributed by atoms with Gasteiger partial charge in [-0.1, -0.05) is 30.3 Å². The number of anilines is 1. The molecule has 2 N–H and O–H groups in total. The van der Waals surface area contributed by atoms with Crippen LogP contribution in [-0.4, -0.2) is 40.4 Å². The molecule has 1 heterocycles. The first-order chi connectivity index (χ1) is 13.3. The van der Waals surface area contributed by atoms with E-state index in [9.17, 15) is 0 Å². The second-order valence-corrected chi connectivity index (χ2v) is 6.51. The second-order valence-electron chi connectivity index (χ2n) is 6.51. The molecule has 3 rings (SSSR count). The number of nitrogens with one attached hydrogen (secondary N) is 2. The van der Waals surface area contributed by atoms with Gasteiger partial charge in [-0.25, -0.2) is 5.10 Å². The molecule has 0 amide bonds. The fourth-order valence-corrected chi connectivity index (χ4v) is 3.16. The third-order valence-corrected chi connectivity index (χ3v) is 4.54. The summed E-state index contributed by atoms with van der Waals surface area (Å²) in [6.45, 7) is 6.82. The molecule has 6 nitrogen and oxygen atoms in total. The van der Waals surface area contributed by atoms with E-state index in [2.05, 4.69) is 57.1 Å². The molecule has 0 atom stereocenters. The summed E-state index contributed by atoms with van der Waals surface area (Å²) in [5.41, 5.74) is 5.68. The normalized spacial score (nSPS) is 10.9. The van der Waals surface area contributed by atoms with E-state index in [0.29, 0.717) is 5.82 Å². The third-order valence-electron chi connectivity index (χ3n) is 4.54. The highest BCUT2D eigenvalue weighted by molar-refractivity contribution is 5.82. The van der Waals surface area contributed by atoms with Crippen molar-refractivity contribution in [1.82, 2.24) is 20.6 Å². The Bertz CT molecular complexity index is 832. The second kappa shape index (κ2) is 9.83. The summed E-state index contributed by atoms with van der Waals surface area (Å²) >= 11 is 0. The molecular formula is C21H27N5O. The van der Waals surface area contributed by atoms with E-state index in [1.165, 1.54) is 17.5 Å². The summed E-state index contributed by atoms with van der Waals surface area (Å²) in [5, 5.41) is 17.8. The van der Waals surface area contributed by atoms with Crippen LogP contribution < -0.4 is 5.32 Å². The predicted octanol–water partition coefficient (Wildman–Crippen LogP) is 4.46. The molecule has 0 spiro atoms. The first-order valence-corrected chi connectivity index (χ1v) is 9.55. The Morgan fingerprint density at radius 2 is 1.85 bits per heavy atom. The number of unbranched alkanes of at least 4 members (excludes halogenated alkanes) is 2. The van der Waals surface area contributed by atoms with Gasteiger partial charge in [-0.15, -0.1) is 5.10 Å². The van der Waals surface area contributed by atoms with Crippen molar-refractivity contribution >= 4 is 5.69 Å². The van der Waals surface area contributed by atoms with Crippen molar-refractivity contribution in [3.63, 3.8) is 0 Å².